The molecule has 1 aliphatic rings. The summed E-state index contributed by atoms with van der Waals surface area (Å²) in [5, 5.41) is 45.3. The number of carboxylic acid groups (broad SMARTS) is 1. The van der Waals surface area contributed by atoms with Crippen molar-refractivity contribution in [2.75, 3.05) is 6.54 Å². The molecule has 1 aromatic carbocycles. The molecule has 12 heteroatoms. The van der Waals surface area contributed by atoms with E-state index in [4.69, 9.17) is 14.2 Å². The van der Waals surface area contributed by atoms with Crippen molar-refractivity contribution in [3.05, 3.63) is 29.3 Å². The molecule has 2 rings (SSSR count). The van der Waals surface area contributed by atoms with E-state index in [1.54, 1.807) is 19.1 Å². The zero-order valence-corrected chi connectivity index (χ0v) is 20.0. The summed E-state index contributed by atoms with van der Waals surface area (Å²) in [6, 6.07) is 4.93. The predicted molar refractivity (Wildman–Crippen MR) is 121 cm³/mol. The summed E-state index contributed by atoms with van der Waals surface area (Å²) in [6.45, 7) is 6.08. The average molecular weight is 499 g/mol. The van der Waals surface area contributed by atoms with Crippen molar-refractivity contribution in [1.82, 2.24) is 10.6 Å². The molecule has 0 spiro atoms. The van der Waals surface area contributed by atoms with Gasteiger partial charge in [-0.3, -0.25) is 9.59 Å². The van der Waals surface area contributed by atoms with Gasteiger partial charge in [-0.1, -0.05) is 26.8 Å². The van der Waals surface area contributed by atoms with Crippen LogP contribution in [0.5, 0.6) is 5.75 Å². The van der Waals surface area contributed by atoms with Crippen molar-refractivity contribution in [3.63, 3.8) is 0 Å². The van der Waals surface area contributed by atoms with Gasteiger partial charge in [0, 0.05) is 37.5 Å². The van der Waals surface area contributed by atoms with E-state index in [1.165, 1.54) is 6.07 Å². The van der Waals surface area contributed by atoms with Gasteiger partial charge in [0.05, 0.1) is 0 Å². The molecule has 1 amide bonds. The molecule has 5 atom stereocenters. The number of rotatable bonds is 12. The summed E-state index contributed by atoms with van der Waals surface area (Å²) in [7, 11) is 0. The van der Waals surface area contributed by atoms with Gasteiger partial charge in [0.2, 0.25) is 12.2 Å². The number of hydrogen-bond donors (Lipinski definition) is 6. The SMILES string of the molecule is CCC(=O)OCc1ccc(OC2OC(C(=O)O)C(O)C(O)C2O)c(CNC(=O)CCNC(C)C)c1. The van der Waals surface area contributed by atoms with Gasteiger partial charge in [-0.2, -0.15) is 0 Å². The highest BCUT2D eigenvalue weighted by atomic mass is 16.7. The van der Waals surface area contributed by atoms with E-state index in [1.807, 2.05) is 13.8 Å². The van der Waals surface area contributed by atoms with Crippen molar-refractivity contribution in [3.8, 4) is 5.75 Å². The Kier molecular flexibility index (Phi) is 10.9. The first-order valence-corrected chi connectivity index (χ1v) is 11.4. The molecule has 12 nitrogen and oxygen atoms in total. The summed E-state index contributed by atoms with van der Waals surface area (Å²) in [4.78, 5) is 35.1. The Morgan fingerprint density at radius 3 is 2.46 bits per heavy atom. The van der Waals surface area contributed by atoms with Crippen molar-refractivity contribution in [1.29, 1.82) is 0 Å². The molecule has 196 valence electrons. The van der Waals surface area contributed by atoms with Crippen molar-refractivity contribution >= 4 is 17.8 Å². The lowest BCUT2D eigenvalue weighted by Gasteiger charge is -2.38. The fourth-order valence-electron chi connectivity index (χ4n) is 3.27. The van der Waals surface area contributed by atoms with Crippen molar-refractivity contribution in [2.45, 2.75) is 83.5 Å². The molecule has 1 aliphatic heterocycles. The zero-order chi connectivity index (χ0) is 26.1. The first-order chi connectivity index (χ1) is 16.5. The second-order valence-corrected chi connectivity index (χ2v) is 8.44. The quantitative estimate of drug-likeness (QED) is 0.203. The number of aliphatic hydroxyl groups is 3. The van der Waals surface area contributed by atoms with Crippen LogP contribution in [0, 0.1) is 0 Å². The van der Waals surface area contributed by atoms with Crippen LogP contribution in [0.4, 0.5) is 0 Å². The lowest BCUT2D eigenvalue weighted by Crippen LogP contribution is -2.61. The topological polar surface area (TPSA) is 184 Å². The van der Waals surface area contributed by atoms with Gasteiger partial charge in [0.1, 0.15) is 30.7 Å². The maximum atomic E-state index is 12.2. The molecule has 0 aromatic heterocycles. The highest BCUT2D eigenvalue weighted by Gasteiger charge is 2.48. The Balaban J connectivity index is 2.18. The molecule has 1 saturated heterocycles. The first-order valence-electron chi connectivity index (χ1n) is 11.4. The molecule has 0 saturated carbocycles. The number of nitrogens with one attached hydrogen (secondary N) is 2. The Hall–Kier alpha value is -2.77. The second kappa shape index (κ2) is 13.4. The van der Waals surface area contributed by atoms with Gasteiger partial charge in [-0.05, 0) is 17.7 Å². The second-order valence-electron chi connectivity index (χ2n) is 8.44. The highest BCUT2D eigenvalue weighted by Crippen LogP contribution is 2.28. The van der Waals surface area contributed by atoms with Crippen LogP contribution in [-0.4, -0.2) is 81.6 Å². The summed E-state index contributed by atoms with van der Waals surface area (Å²) >= 11 is 0. The van der Waals surface area contributed by atoms with Crippen LogP contribution in [-0.2, 0) is 37.0 Å². The first kappa shape index (κ1) is 28.5. The fourth-order valence-corrected chi connectivity index (χ4v) is 3.27. The minimum atomic E-state index is -1.85. The van der Waals surface area contributed by atoms with Gasteiger partial charge < -0.3 is 45.3 Å². The molecule has 5 unspecified atom stereocenters. The lowest BCUT2D eigenvalue weighted by atomic mass is 9.99. The standard InChI is InChI=1S/C23H34N2O10/c1-4-17(27)33-11-13-5-6-15(14(9-13)10-25-16(26)7-8-24-12(2)3)34-23-20(30)18(28)19(29)21(35-23)22(31)32/h5-6,9,12,18-21,23-24,28-30H,4,7-8,10-11H2,1-3H3,(H,25,26)(H,31,32). The van der Waals surface area contributed by atoms with E-state index in [-0.39, 0.29) is 49.7 Å². The Morgan fingerprint density at radius 1 is 1.11 bits per heavy atom. The summed E-state index contributed by atoms with van der Waals surface area (Å²) in [5.41, 5.74) is 1.04. The third-order valence-electron chi connectivity index (χ3n) is 5.25. The van der Waals surface area contributed by atoms with Gasteiger partial charge in [0.25, 0.3) is 0 Å². The number of aliphatic carboxylic acids is 1. The third kappa shape index (κ3) is 8.44. The number of carbonyl (C=O) groups excluding carboxylic acids is 2. The fraction of sp³-hybridized carbons (Fsp3) is 0.609. The van der Waals surface area contributed by atoms with Gasteiger partial charge >= 0.3 is 11.9 Å². The van der Waals surface area contributed by atoms with E-state index in [0.29, 0.717) is 17.7 Å². The number of amides is 1. The number of ether oxygens (including phenoxy) is 3. The van der Waals surface area contributed by atoms with E-state index in [2.05, 4.69) is 10.6 Å². The van der Waals surface area contributed by atoms with Gasteiger partial charge in [0.15, 0.2) is 6.10 Å². The molecule has 6 N–H and O–H groups in total. The van der Waals surface area contributed by atoms with E-state index in [0.717, 1.165) is 0 Å². The summed E-state index contributed by atoms with van der Waals surface area (Å²) < 4.78 is 16.0. The minimum absolute atomic E-state index is 0.0131. The molecule has 1 fully saturated rings. The largest absolute Gasteiger partial charge is 0.479 e. The summed E-state index contributed by atoms with van der Waals surface area (Å²) in [5.74, 6) is -2.02. The number of carbonyl (C=O) groups is 3. The van der Waals surface area contributed by atoms with Gasteiger partial charge in [-0.15, -0.1) is 0 Å². The molecule has 35 heavy (non-hydrogen) atoms. The predicted octanol–water partition coefficient (Wildman–Crippen LogP) is -0.585. The molecule has 1 aromatic rings. The molecule has 1 heterocycles. The molecule has 0 radical (unpaired) electrons. The van der Waals surface area contributed by atoms with Crippen LogP contribution >= 0.6 is 0 Å². The number of aliphatic hydroxyl groups excluding tert-OH is 3. The number of esters is 1. The lowest BCUT2D eigenvalue weighted by molar-refractivity contribution is -0.271. The Labute approximate surface area is 203 Å². The van der Waals surface area contributed by atoms with Crippen molar-refractivity contribution in [2.24, 2.45) is 0 Å². The van der Waals surface area contributed by atoms with E-state index < -0.39 is 36.7 Å². The van der Waals surface area contributed by atoms with Gasteiger partial charge in [-0.25, -0.2) is 4.79 Å². The summed E-state index contributed by atoms with van der Waals surface area (Å²) in [6.07, 6.45) is -8.39. The van der Waals surface area contributed by atoms with Crippen LogP contribution in [0.2, 0.25) is 0 Å². The van der Waals surface area contributed by atoms with Crippen molar-refractivity contribution < 1.29 is 49.0 Å². The smallest absolute Gasteiger partial charge is 0.335 e. The maximum Gasteiger partial charge on any atom is 0.335 e. The number of hydrogen-bond acceptors (Lipinski definition) is 10. The minimum Gasteiger partial charge on any atom is -0.479 e. The maximum absolute atomic E-state index is 12.2. The Morgan fingerprint density at radius 2 is 1.83 bits per heavy atom. The van der Waals surface area contributed by atoms with Crippen LogP contribution in [0.15, 0.2) is 18.2 Å². The monoisotopic (exact) mass is 498 g/mol. The van der Waals surface area contributed by atoms with Crippen LogP contribution in [0.1, 0.15) is 44.7 Å². The highest BCUT2D eigenvalue weighted by molar-refractivity contribution is 5.76. The normalized spacial score (nSPS) is 24.1. The van der Waals surface area contributed by atoms with E-state index >= 15 is 0 Å². The molecular weight excluding hydrogens is 464 g/mol. The van der Waals surface area contributed by atoms with Crippen LogP contribution in [0.3, 0.4) is 0 Å². The van der Waals surface area contributed by atoms with Crippen LogP contribution in [0.25, 0.3) is 0 Å². The third-order valence-corrected chi connectivity index (χ3v) is 5.25. The molecule has 0 bridgehead atoms. The van der Waals surface area contributed by atoms with E-state index in [9.17, 15) is 34.8 Å². The number of carboxylic acids is 1. The average Bonchev–Trinajstić information content (AvgIpc) is 2.81. The zero-order valence-electron chi connectivity index (χ0n) is 20.0. The Bertz CT molecular complexity index is 878. The molecule has 0 aliphatic carbocycles. The van der Waals surface area contributed by atoms with Crippen LogP contribution < -0.4 is 15.4 Å². The number of benzene rings is 1. The molecular formula is C23H34N2O10.